The molecule has 1 atom stereocenters. The Morgan fingerprint density at radius 2 is 1.47 bits per heavy atom. The van der Waals surface area contributed by atoms with E-state index >= 15 is 0 Å². The summed E-state index contributed by atoms with van der Waals surface area (Å²) in [6, 6.07) is 18.1. The van der Waals surface area contributed by atoms with E-state index in [0.29, 0.717) is 11.5 Å². The minimum atomic E-state index is -0.508. The number of carbonyl (C=O) groups is 1. The van der Waals surface area contributed by atoms with E-state index in [2.05, 4.69) is 24.3 Å². The third-order valence-corrected chi connectivity index (χ3v) is 10.5. The molecule has 1 aliphatic rings. The van der Waals surface area contributed by atoms with Crippen LogP contribution in [0.15, 0.2) is 54.6 Å². The maximum Gasteiger partial charge on any atom is 0.303 e. The second-order valence-electron chi connectivity index (χ2n) is 7.75. The Hall–Kier alpha value is -2.29. The van der Waals surface area contributed by atoms with Crippen LogP contribution in [-0.4, -0.2) is 38.8 Å². The average molecular weight is 517 g/mol. The van der Waals surface area contributed by atoms with Crippen molar-refractivity contribution in [3.05, 3.63) is 65.0 Å². The molecule has 3 aromatic rings. The van der Waals surface area contributed by atoms with Crippen molar-refractivity contribution in [1.82, 2.24) is 0 Å². The molecule has 2 heterocycles. The molecule has 8 heteroatoms. The molecule has 0 N–H and O–H groups in total. The van der Waals surface area contributed by atoms with Gasteiger partial charge >= 0.3 is 5.97 Å². The number of ether oxygens (including phenoxy) is 4. The molecule has 1 saturated heterocycles. The van der Waals surface area contributed by atoms with Gasteiger partial charge in [0.25, 0.3) is 0 Å². The van der Waals surface area contributed by atoms with Crippen LogP contribution < -0.4 is 14.2 Å². The van der Waals surface area contributed by atoms with E-state index in [4.69, 9.17) is 18.9 Å². The Bertz CT molecular complexity index is 1100. The summed E-state index contributed by atoms with van der Waals surface area (Å²) in [7, 11) is 4.92. The van der Waals surface area contributed by atoms with Gasteiger partial charge in [0.05, 0.1) is 21.3 Å². The van der Waals surface area contributed by atoms with Gasteiger partial charge in [-0.05, 0) is 72.0 Å². The molecule has 1 aromatic heterocycles. The summed E-state index contributed by atoms with van der Waals surface area (Å²) in [6.45, 7) is 1.47. The third kappa shape index (κ3) is 5.19. The number of hydrogen-bond donors (Lipinski definition) is 0. The molecule has 0 bridgehead atoms. The van der Waals surface area contributed by atoms with Crippen LogP contribution >= 0.6 is 34.9 Å². The van der Waals surface area contributed by atoms with Gasteiger partial charge in [0, 0.05) is 28.3 Å². The number of thiophene rings is 1. The standard InChI is InChI=1S/C26H28O5S3/c1-17(27)31-25(19-14-21(29-3)16-22(15-19)30-4)26(32-12-5-13-33-26)24-11-10-23(34-24)18-6-8-20(28-2)9-7-18/h6-11,14-16,25H,5,12-13H2,1-4H3. The van der Waals surface area contributed by atoms with E-state index in [1.165, 1.54) is 11.8 Å². The Labute approximate surface area is 213 Å². The van der Waals surface area contributed by atoms with E-state index in [1.54, 1.807) is 32.7 Å². The molecule has 180 valence electrons. The lowest BCUT2D eigenvalue weighted by atomic mass is 10.0. The average Bonchev–Trinajstić information content (AvgIpc) is 3.38. The van der Waals surface area contributed by atoms with Crippen molar-refractivity contribution in [3.8, 4) is 27.7 Å². The van der Waals surface area contributed by atoms with Crippen LogP contribution in [0.5, 0.6) is 17.2 Å². The number of benzene rings is 2. The first-order valence-corrected chi connectivity index (χ1v) is 13.7. The zero-order valence-corrected chi connectivity index (χ0v) is 22.1. The first kappa shape index (κ1) is 24.8. The van der Waals surface area contributed by atoms with Gasteiger partial charge in [0.1, 0.15) is 21.3 Å². The number of hydrogen-bond acceptors (Lipinski definition) is 8. The summed E-state index contributed by atoms with van der Waals surface area (Å²) in [5.41, 5.74) is 1.98. The zero-order valence-electron chi connectivity index (χ0n) is 19.7. The quantitative estimate of drug-likeness (QED) is 0.306. The van der Waals surface area contributed by atoms with Gasteiger partial charge in [-0.25, -0.2) is 0 Å². The van der Waals surface area contributed by atoms with Crippen LogP contribution in [0.1, 0.15) is 29.9 Å². The van der Waals surface area contributed by atoms with Crippen LogP contribution in [0.4, 0.5) is 0 Å². The minimum absolute atomic E-state index is 0.315. The molecule has 1 unspecified atom stereocenters. The Balaban J connectivity index is 1.81. The summed E-state index contributed by atoms with van der Waals surface area (Å²) in [4.78, 5) is 14.7. The fraction of sp³-hybridized carbons (Fsp3) is 0.346. The Morgan fingerprint density at radius 3 is 2.03 bits per heavy atom. The van der Waals surface area contributed by atoms with E-state index in [-0.39, 0.29) is 5.97 Å². The number of thioether (sulfide) groups is 2. The number of methoxy groups -OCH3 is 3. The lowest BCUT2D eigenvalue weighted by Gasteiger charge is -2.41. The third-order valence-electron chi connectivity index (χ3n) is 5.55. The van der Waals surface area contributed by atoms with Gasteiger partial charge in [0.2, 0.25) is 0 Å². The SMILES string of the molecule is COc1ccc(-c2ccc(C3(C(OC(C)=O)c4cc(OC)cc(OC)c4)SCCCS3)s2)cc1. The van der Waals surface area contributed by atoms with Gasteiger partial charge in [-0.3, -0.25) is 4.79 Å². The van der Waals surface area contributed by atoms with E-state index in [9.17, 15) is 4.79 Å². The number of carbonyl (C=O) groups excluding carboxylic acids is 1. The highest BCUT2D eigenvalue weighted by molar-refractivity contribution is 8.18. The van der Waals surface area contributed by atoms with Crippen LogP contribution in [0, 0.1) is 0 Å². The van der Waals surface area contributed by atoms with Crippen molar-refractivity contribution in [1.29, 1.82) is 0 Å². The molecule has 5 nitrogen and oxygen atoms in total. The molecule has 0 amide bonds. The van der Waals surface area contributed by atoms with Crippen molar-refractivity contribution >= 4 is 40.8 Å². The van der Waals surface area contributed by atoms with Crippen molar-refractivity contribution in [2.24, 2.45) is 0 Å². The highest BCUT2D eigenvalue weighted by atomic mass is 32.2. The molecule has 2 aromatic carbocycles. The second-order valence-corrected chi connectivity index (χ2v) is 11.8. The van der Waals surface area contributed by atoms with Crippen molar-refractivity contribution in [3.63, 3.8) is 0 Å². The molecule has 0 saturated carbocycles. The van der Waals surface area contributed by atoms with Crippen LogP contribution in [0.25, 0.3) is 10.4 Å². The first-order valence-electron chi connectivity index (χ1n) is 10.9. The molecular formula is C26H28O5S3. The van der Waals surface area contributed by atoms with Gasteiger partial charge in [-0.15, -0.1) is 34.9 Å². The fourth-order valence-electron chi connectivity index (χ4n) is 3.92. The topological polar surface area (TPSA) is 54.0 Å². The molecule has 34 heavy (non-hydrogen) atoms. The smallest absolute Gasteiger partial charge is 0.303 e. The van der Waals surface area contributed by atoms with Gasteiger partial charge in [-0.1, -0.05) is 0 Å². The van der Waals surface area contributed by atoms with Crippen LogP contribution in [0.3, 0.4) is 0 Å². The summed E-state index contributed by atoms with van der Waals surface area (Å²) in [6.07, 6.45) is 0.605. The zero-order chi connectivity index (χ0) is 24.1. The summed E-state index contributed by atoms with van der Waals surface area (Å²) in [5, 5.41) is 0. The largest absolute Gasteiger partial charge is 0.497 e. The minimum Gasteiger partial charge on any atom is -0.497 e. The Kier molecular flexibility index (Phi) is 8.01. The summed E-state index contributed by atoms with van der Waals surface area (Å²) >= 11 is 5.43. The predicted molar refractivity (Wildman–Crippen MR) is 142 cm³/mol. The highest BCUT2D eigenvalue weighted by Crippen LogP contribution is 2.61. The summed E-state index contributed by atoms with van der Waals surface area (Å²) < 4.78 is 21.9. The van der Waals surface area contributed by atoms with Gasteiger partial charge < -0.3 is 18.9 Å². The van der Waals surface area contributed by atoms with Crippen LogP contribution in [-0.2, 0) is 13.6 Å². The van der Waals surface area contributed by atoms with Gasteiger partial charge in [-0.2, -0.15) is 0 Å². The van der Waals surface area contributed by atoms with E-state index in [0.717, 1.165) is 39.7 Å². The molecule has 0 aliphatic carbocycles. The normalized spacial score (nSPS) is 15.9. The van der Waals surface area contributed by atoms with Crippen molar-refractivity contribution in [2.45, 2.75) is 23.5 Å². The fourth-order valence-corrected chi connectivity index (χ4v) is 8.83. The lowest BCUT2D eigenvalue weighted by molar-refractivity contribution is -0.147. The second kappa shape index (κ2) is 11.0. The van der Waals surface area contributed by atoms with E-state index in [1.807, 2.05) is 53.9 Å². The monoisotopic (exact) mass is 516 g/mol. The summed E-state index contributed by atoms with van der Waals surface area (Å²) in [5.74, 6) is 3.82. The Morgan fingerprint density at radius 1 is 0.853 bits per heavy atom. The molecule has 0 spiro atoms. The number of rotatable bonds is 8. The van der Waals surface area contributed by atoms with Crippen molar-refractivity contribution in [2.75, 3.05) is 32.8 Å². The molecule has 0 radical (unpaired) electrons. The molecule has 1 fully saturated rings. The van der Waals surface area contributed by atoms with Gasteiger partial charge in [0.15, 0.2) is 6.10 Å². The van der Waals surface area contributed by atoms with E-state index < -0.39 is 10.2 Å². The highest BCUT2D eigenvalue weighted by Gasteiger charge is 2.47. The maximum atomic E-state index is 12.3. The predicted octanol–water partition coefficient (Wildman–Crippen LogP) is 6.77. The van der Waals surface area contributed by atoms with Crippen molar-refractivity contribution < 1.29 is 23.7 Å². The molecule has 4 rings (SSSR count). The number of esters is 1. The first-order chi connectivity index (χ1) is 16.5. The molecular weight excluding hydrogens is 488 g/mol. The maximum absolute atomic E-state index is 12.3. The van der Waals surface area contributed by atoms with Crippen LogP contribution in [0.2, 0.25) is 0 Å². The molecule has 1 aliphatic heterocycles. The lowest BCUT2D eigenvalue weighted by Crippen LogP contribution is -2.32.